The van der Waals surface area contributed by atoms with Crippen molar-refractivity contribution in [3.05, 3.63) is 36.3 Å². The van der Waals surface area contributed by atoms with E-state index in [1.165, 1.54) is 14.0 Å². The van der Waals surface area contributed by atoms with Gasteiger partial charge in [0.1, 0.15) is 12.1 Å². The van der Waals surface area contributed by atoms with Crippen molar-refractivity contribution in [2.45, 2.75) is 32.1 Å². The summed E-state index contributed by atoms with van der Waals surface area (Å²) in [6, 6.07) is -0.393. The van der Waals surface area contributed by atoms with Crippen molar-refractivity contribution in [1.82, 2.24) is 4.90 Å². The molecule has 0 aliphatic carbocycles. The zero-order valence-electron chi connectivity index (χ0n) is 12.0. The predicted octanol–water partition coefficient (Wildman–Crippen LogP) is 1.22. The Hall–Kier alpha value is -2.06. The highest BCUT2D eigenvalue weighted by atomic mass is 16.6. The van der Waals surface area contributed by atoms with Crippen LogP contribution in [-0.4, -0.2) is 48.7 Å². The van der Waals surface area contributed by atoms with Crippen LogP contribution >= 0.6 is 0 Å². The molecule has 1 fully saturated rings. The highest BCUT2D eigenvalue weighted by Crippen LogP contribution is 2.30. The van der Waals surface area contributed by atoms with Crippen LogP contribution in [0.15, 0.2) is 36.3 Å². The van der Waals surface area contributed by atoms with Gasteiger partial charge in [0.25, 0.3) is 5.91 Å². The lowest BCUT2D eigenvalue weighted by Gasteiger charge is -2.48. The number of hydrogen-bond donors (Lipinski definition) is 0. The minimum atomic E-state index is -0.834. The van der Waals surface area contributed by atoms with Gasteiger partial charge in [-0.05, 0) is 18.6 Å². The number of nitrogens with zero attached hydrogens (tertiary/aromatic N) is 1. The molecule has 5 nitrogen and oxygen atoms in total. The Morgan fingerprint density at radius 2 is 2.15 bits per heavy atom. The van der Waals surface area contributed by atoms with Crippen molar-refractivity contribution < 1.29 is 19.1 Å². The average Bonchev–Trinajstić information content (AvgIpc) is 2.43. The van der Waals surface area contributed by atoms with Crippen LogP contribution in [0.25, 0.3) is 0 Å². The summed E-state index contributed by atoms with van der Waals surface area (Å²) in [6.07, 6.45) is 0.376. The van der Waals surface area contributed by atoms with Crippen molar-refractivity contribution in [1.29, 1.82) is 0 Å². The minimum Gasteiger partial charge on any atom is -0.450 e. The first-order valence-corrected chi connectivity index (χ1v) is 6.19. The van der Waals surface area contributed by atoms with E-state index in [0.717, 1.165) is 5.57 Å². The lowest BCUT2D eigenvalue weighted by Crippen LogP contribution is -2.70. The molecule has 5 heteroatoms. The standard InChI is InChI=1S/C15H19NO4/c1-6-8-9-16-12(13(19-5)10(3)7-2)14(15(16)18)20-11(4)17/h8,12-14H,1-2,9H2,3-5H3/t12?,13-,14?/m1/s1. The van der Waals surface area contributed by atoms with E-state index in [2.05, 4.69) is 24.6 Å². The van der Waals surface area contributed by atoms with E-state index in [1.54, 1.807) is 17.9 Å². The quantitative estimate of drug-likeness (QED) is 0.416. The van der Waals surface area contributed by atoms with Gasteiger partial charge in [-0.15, -0.1) is 11.5 Å². The molecule has 0 radical (unpaired) electrons. The molecule has 2 unspecified atom stereocenters. The highest BCUT2D eigenvalue weighted by Gasteiger charge is 2.53. The number of β-lactam (4-membered cyclic amide) rings is 1. The van der Waals surface area contributed by atoms with Gasteiger partial charge in [-0.25, -0.2) is 0 Å². The SMILES string of the molecule is C=C=CCN1C(=O)C(OC(C)=O)C1[C@H](OC)C(C)=C=C. The molecule has 3 atom stereocenters. The second kappa shape index (κ2) is 6.92. The molecule has 0 N–H and O–H groups in total. The van der Waals surface area contributed by atoms with Gasteiger partial charge in [-0.2, -0.15) is 0 Å². The van der Waals surface area contributed by atoms with Gasteiger partial charge in [0.15, 0.2) is 0 Å². The van der Waals surface area contributed by atoms with Crippen LogP contribution in [0.5, 0.6) is 0 Å². The zero-order chi connectivity index (χ0) is 15.3. The molecule has 0 saturated carbocycles. The van der Waals surface area contributed by atoms with Crippen LogP contribution in [0, 0.1) is 0 Å². The van der Waals surface area contributed by atoms with Crippen LogP contribution in [0.1, 0.15) is 13.8 Å². The van der Waals surface area contributed by atoms with Crippen LogP contribution in [0.4, 0.5) is 0 Å². The molecule has 0 spiro atoms. The van der Waals surface area contributed by atoms with E-state index in [0.29, 0.717) is 6.54 Å². The molecule has 20 heavy (non-hydrogen) atoms. The number of carbonyl (C=O) groups excluding carboxylic acids is 2. The Balaban J connectivity index is 3.03. The second-order valence-corrected chi connectivity index (χ2v) is 4.44. The monoisotopic (exact) mass is 277 g/mol. The number of amides is 1. The first-order chi connectivity index (χ1) is 9.47. The smallest absolute Gasteiger partial charge is 0.303 e. The lowest BCUT2D eigenvalue weighted by atomic mass is 9.89. The molecule has 1 aliphatic rings. The Kier molecular flexibility index (Phi) is 5.53. The Morgan fingerprint density at radius 3 is 2.60 bits per heavy atom. The van der Waals surface area contributed by atoms with Gasteiger partial charge in [-0.3, -0.25) is 9.59 Å². The maximum absolute atomic E-state index is 12.0. The Bertz CT molecular complexity index is 484. The zero-order valence-corrected chi connectivity index (χ0v) is 12.0. The summed E-state index contributed by atoms with van der Waals surface area (Å²) in [5.74, 6) is -0.752. The predicted molar refractivity (Wildman–Crippen MR) is 73.9 cm³/mol. The first-order valence-electron chi connectivity index (χ1n) is 6.19. The van der Waals surface area contributed by atoms with Gasteiger partial charge in [-0.1, -0.05) is 13.2 Å². The number of methoxy groups -OCH3 is 1. The Labute approximate surface area is 118 Å². The summed E-state index contributed by atoms with van der Waals surface area (Å²) >= 11 is 0. The molecule has 1 aliphatic heterocycles. The Morgan fingerprint density at radius 1 is 1.50 bits per heavy atom. The summed E-state index contributed by atoms with van der Waals surface area (Å²) < 4.78 is 10.5. The minimum absolute atomic E-state index is 0.254. The third-order valence-corrected chi connectivity index (χ3v) is 3.19. The number of rotatable bonds is 6. The summed E-state index contributed by atoms with van der Waals surface area (Å²) in [6.45, 7) is 10.5. The second-order valence-electron chi connectivity index (χ2n) is 4.44. The van der Waals surface area contributed by atoms with Gasteiger partial charge >= 0.3 is 5.97 Å². The topological polar surface area (TPSA) is 55.8 Å². The van der Waals surface area contributed by atoms with Crippen LogP contribution in [0.2, 0.25) is 0 Å². The van der Waals surface area contributed by atoms with Crippen LogP contribution in [0.3, 0.4) is 0 Å². The van der Waals surface area contributed by atoms with E-state index in [-0.39, 0.29) is 5.91 Å². The molecule has 0 aromatic heterocycles. The van der Waals surface area contributed by atoms with E-state index in [9.17, 15) is 9.59 Å². The fourth-order valence-corrected chi connectivity index (χ4v) is 2.21. The summed E-state index contributed by atoms with van der Waals surface area (Å²) in [4.78, 5) is 24.7. The molecular formula is C15H19NO4. The number of carbonyl (C=O) groups is 2. The van der Waals surface area contributed by atoms with Gasteiger partial charge in [0.2, 0.25) is 6.10 Å². The van der Waals surface area contributed by atoms with Crippen molar-refractivity contribution in [2.75, 3.05) is 13.7 Å². The molecule has 108 valence electrons. The third-order valence-electron chi connectivity index (χ3n) is 3.19. The largest absolute Gasteiger partial charge is 0.450 e. The molecule has 1 saturated heterocycles. The molecule has 1 heterocycles. The maximum atomic E-state index is 12.0. The van der Waals surface area contributed by atoms with Crippen LogP contribution in [-0.2, 0) is 19.1 Å². The van der Waals surface area contributed by atoms with Crippen LogP contribution < -0.4 is 0 Å². The van der Waals surface area contributed by atoms with Crippen molar-refractivity contribution >= 4 is 11.9 Å². The van der Waals surface area contributed by atoms with Crippen molar-refractivity contribution in [3.8, 4) is 0 Å². The van der Waals surface area contributed by atoms with Gasteiger partial charge in [0, 0.05) is 20.6 Å². The molecular weight excluding hydrogens is 258 g/mol. The fraction of sp³-hybridized carbons (Fsp3) is 0.467. The van der Waals surface area contributed by atoms with Gasteiger partial charge < -0.3 is 14.4 Å². The molecule has 0 aromatic carbocycles. The van der Waals surface area contributed by atoms with E-state index >= 15 is 0 Å². The molecule has 1 amide bonds. The average molecular weight is 277 g/mol. The van der Waals surface area contributed by atoms with E-state index in [1.807, 2.05) is 0 Å². The number of likely N-dealkylation sites (tertiary alicyclic amines) is 1. The van der Waals surface area contributed by atoms with E-state index in [4.69, 9.17) is 9.47 Å². The molecule has 0 bridgehead atoms. The number of ether oxygens (including phenoxy) is 2. The molecule has 1 rings (SSSR count). The molecule has 0 aromatic rings. The summed E-state index contributed by atoms with van der Waals surface area (Å²) in [7, 11) is 1.53. The van der Waals surface area contributed by atoms with Gasteiger partial charge in [0.05, 0.1) is 0 Å². The van der Waals surface area contributed by atoms with Crippen molar-refractivity contribution in [3.63, 3.8) is 0 Å². The number of esters is 1. The number of hydrogen-bond acceptors (Lipinski definition) is 4. The van der Waals surface area contributed by atoms with E-state index < -0.39 is 24.2 Å². The summed E-state index contributed by atoms with van der Waals surface area (Å²) in [5.41, 5.74) is 6.11. The van der Waals surface area contributed by atoms with Crippen molar-refractivity contribution in [2.24, 2.45) is 0 Å². The highest BCUT2D eigenvalue weighted by molar-refractivity contribution is 5.90. The first kappa shape index (κ1) is 16.0. The third kappa shape index (κ3) is 3.09. The maximum Gasteiger partial charge on any atom is 0.303 e. The summed E-state index contributed by atoms with van der Waals surface area (Å²) in [5, 5.41) is 0. The fourth-order valence-electron chi connectivity index (χ4n) is 2.21. The lowest BCUT2D eigenvalue weighted by molar-refractivity contribution is -0.188. The normalized spacial score (nSPS) is 22.1.